The van der Waals surface area contributed by atoms with Crippen LogP contribution in [0.4, 0.5) is 0 Å². The summed E-state index contributed by atoms with van der Waals surface area (Å²) in [5, 5.41) is 9.06. The Hall–Kier alpha value is -1.92. The number of aromatic amines is 1. The Balaban J connectivity index is 2.46. The van der Waals surface area contributed by atoms with Crippen LogP contribution < -0.4 is 11.2 Å². The van der Waals surface area contributed by atoms with Crippen molar-refractivity contribution in [1.82, 2.24) is 9.55 Å². The van der Waals surface area contributed by atoms with E-state index in [0.29, 0.717) is 11.1 Å². The van der Waals surface area contributed by atoms with Crippen molar-refractivity contribution in [1.29, 1.82) is 0 Å². The number of hydrogen-bond donors (Lipinski definition) is 2. The molecular weight excluding hydrogens is 236 g/mol. The second kappa shape index (κ2) is 4.75. The second-order valence-corrected chi connectivity index (χ2v) is 4.12. The normalized spacial score (nSPS) is 23.3. The molecule has 2 rings (SSSR count). The van der Waals surface area contributed by atoms with Crippen LogP contribution >= 0.6 is 0 Å². The molecule has 2 atom stereocenters. The molecule has 2 heterocycles. The van der Waals surface area contributed by atoms with Crippen molar-refractivity contribution in [2.45, 2.75) is 19.3 Å². The van der Waals surface area contributed by atoms with E-state index < -0.39 is 23.6 Å². The van der Waals surface area contributed by atoms with Crippen LogP contribution in [0.1, 0.15) is 11.8 Å². The highest BCUT2D eigenvalue weighted by molar-refractivity contribution is 5.22. The van der Waals surface area contributed by atoms with Crippen molar-refractivity contribution < 1.29 is 9.84 Å². The quantitative estimate of drug-likeness (QED) is 0.764. The number of aliphatic hydroxyl groups is 1. The second-order valence-electron chi connectivity index (χ2n) is 4.12. The first kappa shape index (κ1) is 12.5. The van der Waals surface area contributed by atoms with E-state index in [1.165, 1.54) is 10.8 Å². The van der Waals surface area contributed by atoms with Gasteiger partial charge in [0.05, 0.1) is 6.61 Å². The summed E-state index contributed by atoms with van der Waals surface area (Å²) in [5.41, 5.74) is -0.00925. The number of nitrogens with one attached hydrogen (secondary N) is 1. The highest BCUT2D eigenvalue weighted by Gasteiger charge is 2.23. The minimum Gasteiger partial charge on any atom is -0.393 e. The van der Waals surface area contributed by atoms with Gasteiger partial charge in [-0.05, 0) is 12.5 Å². The average Bonchev–Trinajstić information content (AvgIpc) is 2.35. The molecule has 1 aromatic heterocycles. The summed E-state index contributed by atoms with van der Waals surface area (Å²) in [6.45, 7) is 5.20. The summed E-state index contributed by atoms with van der Waals surface area (Å²) in [7, 11) is 0. The number of nitrogens with zero attached hydrogens (tertiary/aromatic N) is 1. The molecule has 96 valence electrons. The molecular formula is C12H14N2O4. The van der Waals surface area contributed by atoms with Gasteiger partial charge in [0.2, 0.25) is 0 Å². The molecule has 0 aliphatic carbocycles. The molecule has 6 heteroatoms. The van der Waals surface area contributed by atoms with E-state index in [9.17, 15) is 9.59 Å². The molecule has 6 nitrogen and oxygen atoms in total. The Labute approximate surface area is 103 Å². The van der Waals surface area contributed by atoms with Gasteiger partial charge >= 0.3 is 5.69 Å². The van der Waals surface area contributed by atoms with Gasteiger partial charge in [0.1, 0.15) is 6.10 Å². The van der Waals surface area contributed by atoms with Gasteiger partial charge in [-0.15, -0.1) is 0 Å². The lowest BCUT2D eigenvalue weighted by Crippen LogP contribution is -2.37. The van der Waals surface area contributed by atoms with Crippen molar-refractivity contribution in [2.24, 2.45) is 0 Å². The van der Waals surface area contributed by atoms with Crippen molar-refractivity contribution in [3.63, 3.8) is 0 Å². The highest BCUT2D eigenvalue weighted by Crippen LogP contribution is 2.24. The van der Waals surface area contributed by atoms with E-state index in [1.807, 2.05) is 0 Å². The Morgan fingerprint density at radius 3 is 2.94 bits per heavy atom. The molecule has 1 unspecified atom stereocenters. The predicted octanol–water partition coefficient (Wildman–Crippen LogP) is -0.153. The zero-order valence-electron chi connectivity index (χ0n) is 9.92. The molecule has 0 amide bonds. The van der Waals surface area contributed by atoms with Crippen LogP contribution in [0.15, 0.2) is 40.1 Å². The number of aliphatic hydroxyl groups excluding tert-OH is 1. The molecule has 0 radical (unpaired) electrons. The van der Waals surface area contributed by atoms with Crippen LogP contribution in [0.3, 0.4) is 0 Å². The molecule has 0 bridgehead atoms. The van der Waals surface area contributed by atoms with Crippen LogP contribution in [-0.4, -0.2) is 27.4 Å². The van der Waals surface area contributed by atoms with E-state index in [1.54, 1.807) is 19.1 Å². The first-order valence-electron chi connectivity index (χ1n) is 5.48. The summed E-state index contributed by atoms with van der Waals surface area (Å²) in [6, 6.07) is 0. The third-order valence-corrected chi connectivity index (χ3v) is 2.72. The number of aryl methyl sites for hydroxylation is 1. The van der Waals surface area contributed by atoms with Gasteiger partial charge < -0.3 is 9.84 Å². The summed E-state index contributed by atoms with van der Waals surface area (Å²) in [6.07, 6.45) is 3.59. The smallest absolute Gasteiger partial charge is 0.330 e. The third-order valence-electron chi connectivity index (χ3n) is 2.72. The predicted molar refractivity (Wildman–Crippen MR) is 65.3 cm³/mol. The van der Waals surface area contributed by atoms with Crippen molar-refractivity contribution in [3.05, 3.63) is 56.9 Å². The molecule has 2 N–H and O–H groups in total. The topological polar surface area (TPSA) is 84.3 Å². The molecule has 1 aromatic rings. The van der Waals surface area contributed by atoms with E-state index in [0.717, 1.165) is 0 Å². The van der Waals surface area contributed by atoms with Gasteiger partial charge in [0, 0.05) is 11.8 Å². The highest BCUT2D eigenvalue weighted by atomic mass is 16.5. The molecule has 0 spiro atoms. The largest absolute Gasteiger partial charge is 0.393 e. The first-order chi connectivity index (χ1) is 8.52. The van der Waals surface area contributed by atoms with Crippen LogP contribution in [0, 0.1) is 6.92 Å². The van der Waals surface area contributed by atoms with E-state index in [-0.39, 0.29) is 6.61 Å². The van der Waals surface area contributed by atoms with Gasteiger partial charge in [-0.25, -0.2) is 4.79 Å². The minimum atomic E-state index is -0.713. The molecule has 0 fully saturated rings. The van der Waals surface area contributed by atoms with Gasteiger partial charge in [-0.3, -0.25) is 14.3 Å². The lowest BCUT2D eigenvalue weighted by atomic mass is 10.1. The van der Waals surface area contributed by atoms with Crippen LogP contribution in [0.5, 0.6) is 0 Å². The number of ether oxygens (including phenoxy) is 1. The Morgan fingerprint density at radius 2 is 2.28 bits per heavy atom. The maximum absolute atomic E-state index is 11.7. The zero-order valence-corrected chi connectivity index (χ0v) is 9.92. The maximum Gasteiger partial charge on any atom is 0.330 e. The fourth-order valence-corrected chi connectivity index (χ4v) is 1.72. The van der Waals surface area contributed by atoms with Crippen molar-refractivity contribution in [3.8, 4) is 0 Å². The third kappa shape index (κ3) is 2.20. The molecule has 1 aliphatic rings. The van der Waals surface area contributed by atoms with E-state index >= 15 is 0 Å². The van der Waals surface area contributed by atoms with Gasteiger partial charge in [0.15, 0.2) is 6.23 Å². The number of H-pyrrole nitrogens is 1. The zero-order chi connectivity index (χ0) is 13.3. The fourth-order valence-electron chi connectivity index (χ4n) is 1.72. The number of aromatic nitrogens is 2. The molecule has 0 aromatic carbocycles. The van der Waals surface area contributed by atoms with E-state index in [4.69, 9.17) is 9.84 Å². The minimum absolute atomic E-state index is 0.183. The summed E-state index contributed by atoms with van der Waals surface area (Å²) in [5.74, 6) is 0. The molecule has 0 saturated heterocycles. The first-order valence-corrected chi connectivity index (χ1v) is 5.48. The van der Waals surface area contributed by atoms with Crippen molar-refractivity contribution in [2.75, 3.05) is 6.61 Å². The SMILES string of the molecule is C=C1C=C[C@@H](CO)OC1n1cc(C)c(=O)[nH]c1=O. The standard InChI is InChI=1S/C12H14N2O4/c1-7-3-4-9(6-15)18-11(7)14-5-8(2)10(16)13-12(14)17/h3-5,9,11,15H,1,6H2,2H3,(H,13,16,17)/t9-,11?/m0/s1. The average molecular weight is 250 g/mol. The van der Waals surface area contributed by atoms with Crippen LogP contribution in [0.2, 0.25) is 0 Å². The summed E-state index contributed by atoms with van der Waals surface area (Å²) >= 11 is 0. The fraction of sp³-hybridized carbons (Fsp3) is 0.333. The van der Waals surface area contributed by atoms with E-state index in [2.05, 4.69) is 11.6 Å². The van der Waals surface area contributed by atoms with Crippen LogP contribution in [-0.2, 0) is 4.74 Å². The number of hydrogen-bond acceptors (Lipinski definition) is 4. The Kier molecular flexibility index (Phi) is 3.31. The van der Waals surface area contributed by atoms with Gasteiger partial charge in [0.25, 0.3) is 5.56 Å². The molecule has 0 saturated carbocycles. The monoisotopic (exact) mass is 250 g/mol. The summed E-state index contributed by atoms with van der Waals surface area (Å²) < 4.78 is 6.77. The summed E-state index contributed by atoms with van der Waals surface area (Å²) in [4.78, 5) is 25.2. The molecule has 1 aliphatic heterocycles. The van der Waals surface area contributed by atoms with Gasteiger partial charge in [-0.2, -0.15) is 0 Å². The maximum atomic E-state index is 11.7. The van der Waals surface area contributed by atoms with Gasteiger partial charge in [-0.1, -0.05) is 18.7 Å². The lowest BCUT2D eigenvalue weighted by molar-refractivity contribution is -0.0380. The molecule has 18 heavy (non-hydrogen) atoms. The lowest BCUT2D eigenvalue weighted by Gasteiger charge is -2.27. The van der Waals surface area contributed by atoms with Crippen LogP contribution in [0.25, 0.3) is 0 Å². The number of rotatable bonds is 2. The van der Waals surface area contributed by atoms with Crippen molar-refractivity contribution >= 4 is 0 Å². The Bertz CT molecular complexity index is 611. The Morgan fingerprint density at radius 1 is 1.56 bits per heavy atom.